The maximum absolute atomic E-state index is 4.85. The third-order valence-electron chi connectivity index (χ3n) is 4.50. The summed E-state index contributed by atoms with van der Waals surface area (Å²) < 4.78 is 2.33. The minimum Gasteiger partial charge on any atom is -0.337 e. The molecule has 2 aromatic carbocycles. The van der Waals surface area contributed by atoms with E-state index >= 15 is 0 Å². The second-order valence-electron chi connectivity index (χ2n) is 6.14. The summed E-state index contributed by atoms with van der Waals surface area (Å²) in [6.07, 6.45) is 0.980. The summed E-state index contributed by atoms with van der Waals surface area (Å²) in [7, 11) is 0. The molecule has 0 saturated carbocycles. The van der Waals surface area contributed by atoms with Crippen molar-refractivity contribution in [1.82, 2.24) is 9.38 Å². The van der Waals surface area contributed by atoms with Crippen molar-refractivity contribution < 1.29 is 20.1 Å². The Morgan fingerprint density at radius 2 is 1.83 bits per heavy atom. The maximum atomic E-state index is 4.85. The predicted molar refractivity (Wildman–Crippen MR) is 92.6 cm³/mol. The molecule has 0 amide bonds. The summed E-state index contributed by atoms with van der Waals surface area (Å²) in [6, 6.07) is 14.4. The number of pyridine rings is 1. The van der Waals surface area contributed by atoms with Gasteiger partial charge in [0, 0.05) is 37.0 Å². The van der Waals surface area contributed by atoms with Crippen molar-refractivity contribution in [1.29, 1.82) is 0 Å². The summed E-state index contributed by atoms with van der Waals surface area (Å²) in [5, 5.41) is 3.64. The van der Waals surface area contributed by atoms with Crippen molar-refractivity contribution in [3.63, 3.8) is 0 Å². The molecule has 119 valence electrons. The van der Waals surface area contributed by atoms with Crippen LogP contribution in [0.2, 0.25) is 0 Å². The minimum atomic E-state index is 0. The molecule has 1 radical (unpaired) electrons. The van der Waals surface area contributed by atoms with Crippen LogP contribution in [0.5, 0.6) is 0 Å². The fourth-order valence-corrected chi connectivity index (χ4v) is 3.46. The van der Waals surface area contributed by atoms with E-state index in [2.05, 4.69) is 68.5 Å². The van der Waals surface area contributed by atoms with Gasteiger partial charge >= 0.3 is 0 Å². The van der Waals surface area contributed by atoms with E-state index in [-0.39, 0.29) is 20.1 Å². The molecule has 2 nitrogen and oxygen atoms in total. The van der Waals surface area contributed by atoms with Gasteiger partial charge in [0.2, 0.25) is 0 Å². The number of hydrogen-bond acceptors (Lipinski definition) is 1. The average molecular weight is 480 g/mol. The van der Waals surface area contributed by atoms with Crippen LogP contribution in [0.25, 0.3) is 27.3 Å². The predicted octanol–water partition coefficient (Wildman–Crippen LogP) is 4.93. The van der Waals surface area contributed by atoms with Gasteiger partial charge in [-0.2, -0.15) is 0 Å². The molecule has 0 aliphatic rings. The average Bonchev–Trinajstić information content (AvgIpc) is 2.83. The van der Waals surface area contributed by atoms with Crippen LogP contribution in [0.3, 0.4) is 0 Å². The second-order valence-corrected chi connectivity index (χ2v) is 6.14. The van der Waals surface area contributed by atoms with Crippen molar-refractivity contribution in [2.75, 3.05) is 0 Å². The molecule has 2 heterocycles. The second kappa shape index (κ2) is 5.74. The molecule has 0 saturated heterocycles. The van der Waals surface area contributed by atoms with Crippen molar-refractivity contribution >= 4 is 27.3 Å². The van der Waals surface area contributed by atoms with E-state index in [1.165, 1.54) is 33.1 Å². The van der Waals surface area contributed by atoms with Gasteiger partial charge in [0.1, 0.15) is 0 Å². The van der Waals surface area contributed by atoms with Crippen LogP contribution in [0.1, 0.15) is 29.4 Å². The van der Waals surface area contributed by atoms with Crippen molar-refractivity contribution in [2.45, 2.75) is 34.1 Å². The Morgan fingerprint density at radius 3 is 2.57 bits per heavy atom. The molecule has 0 bridgehead atoms. The summed E-state index contributed by atoms with van der Waals surface area (Å²) in [4.78, 5) is 4.85. The van der Waals surface area contributed by atoms with Gasteiger partial charge in [-0.05, 0) is 37.3 Å². The molecular formula is C20H19IrN2-. The fraction of sp³-hybridized carbons (Fsp3) is 0.250. The Labute approximate surface area is 149 Å². The zero-order valence-corrected chi connectivity index (χ0v) is 16.2. The Hall–Kier alpha value is -1.70. The maximum Gasteiger partial charge on any atom is 0.0614 e. The molecule has 4 aromatic rings. The number of aryl methyl sites for hydroxylation is 4. The number of rotatable bonds is 1. The molecule has 0 aliphatic carbocycles. The molecule has 0 N–H and O–H groups in total. The van der Waals surface area contributed by atoms with E-state index in [9.17, 15) is 0 Å². The van der Waals surface area contributed by atoms with E-state index in [0.29, 0.717) is 0 Å². The number of benzene rings is 2. The largest absolute Gasteiger partial charge is 0.337 e. The van der Waals surface area contributed by atoms with E-state index in [1.54, 1.807) is 0 Å². The number of hydrogen-bond donors (Lipinski definition) is 0. The summed E-state index contributed by atoms with van der Waals surface area (Å²) in [5.74, 6) is 0. The minimum absolute atomic E-state index is 0. The molecule has 0 spiro atoms. The third kappa shape index (κ3) is 2.31. The Morgan fingerprint density at radius 1 is 1.04 bits per heavy atom. The molecular weight excluding hydrogens is 460 g/mol. The van der Waals surface area contributed by atoms with Crippen LogP contribution in [0.15, 0.2) is 30.3 Å². The molecule has 2 aromatic heterocycles. The van der Waals surface area contributed by atoms with Crippen LogP contribution >= 0.6 is 0 Å². The molecule has 0 fully saturated rings. The first-order chi connectivity index (χ1) is 10.6. The van der Waals surface area contributed by atoms with E-state index in [1.807, 2.05) is 0 Å². The van der Waals surface area contributed by atoms with E-state index < -0.39 is 0 Å². The van der Waals surface area contributed by atoms with Crippen LogP contribution < -0.4 is 0 Å². The number of imidazole rings is 1. The summed E-state index contributed by atoms with van der Waals surface area (Å²) in [6.45, 7) is 8.57. The fourth-order valence-electron chi connectivity index (χ4n) is 3.46. The van der Waals surface area contributed by atoms with Crippen LogP contribution in [-0.2, 0) is 26.5 Å². The number of nitrogens with zero attached hydrogens (tertiary/aromatic N) is 2. The number of fused-ring (bicyclic) bond motifs is 6. The Kier molecular flexibility index (Phi) is 4.03. The van der Waals surface area contributed by atoms with Crippen LogP contribution in [-0.4, -0.2) is 9.38 Å². The molecule has 23 heavy (non-hydrogen) atoms. The standard InChI is InChI=1S/C20H19N2.Ir/c1-5-18-14(4)21-20-16-9-7-12(2)10-17(16)15-8-6-13(3)11-19(15)22(18)20;/h6-8,10-11H,5H2,1-4H3;/q-1;. The van der Waals surface area contributed by atoms with Gasteiger partial charge in [0.25, 0.3) is 0 Å². The van der Waals surface area contributed by atoms with Gasteiger partial charge in [-0.15, -0.1) is 29.1 Å². The van der Waals surface area contributed by atoms with Gasteiger partial charge < -0.3 is 4.40 Å². The van der Waals surface area contributed by atoms with Crippen LogP contribution in [0.4, 0.5) is 0 Å². The van der Waals surface area contributed by atoms with Crippen molar-refractivity contribution in [3.05, 3.63) is 58.9 Å². The quantitative estimate of drug-likeness (QED) is 0.280. The van der Waals surface area contributed by atoms with Gasteiger partial charge in [-0.25, -0.2) is 0 Å². The topological polar surface area (TPSA) is 17.3 Å². The Balaban J connectivity index is 0.00000156. The normalized spacial score (nSPS) is 11.3. The zero-order chi connectivity index (χ0) is 15.4. The third-order valence-corrected chi connectivity index (χ3v) is 4.50. The Bertz CT molecular complexity index is 1040. The van der Waals surface area contributed by atoms with Gasteiger partial charge in [-0.3, -0.25) is 4.98 Å². The molecule has 0 atom stereocenters. The van der Waals surface area contributed by atoms with Gasteiger partial charge in [0.15, 0.2) is 0 Å². The van der Waals surface area contributed by atoms with Crippen molar-refractivity contribution in [3.8, 4) is 0 Å². The SMILES string of the molecule is CCc1c(C)nc2c3[c-]cc(C)cc3c3ccc(C)cc3n12.[Ir]. The monoisotopic (exact) mass is 480 g/mol. The molecule has 0 unspecified atom stereocenters. The molecule has 3 heteroatoms. The smallest absolute Gasteiger partial charge is 0.0614 e. The molecule has 4 rings (SSSR count). The summed E-state index contributed by atoms with van der Waals surface area (Å²) >= 11 is 0. The van der Waals surface area contributed by atoms with Gasteiger partial charge in [-0.1, -0.05) is 31.4 Å². The molecule has 0 aliphatic heterocycles. The van der Waals surface area contributed by atoms with Crippen LogP contribution in [0, 0.1) is 26.8 Å². The first-order valence-corrected chi connectivity index (χ1v) is 7.82. The van der Waals surface area contributed by atoms with E-state index in [4.69, 9.17) is 4.98 Å². The zero-order valence-electron chi connectivity index (χ0n) is 13.8. The summed E-state index contributed by atoms with van der Waals surface area (Å²) in [5.41, 5.74) is 7.20. The number of aromatic nitrogens is 2. The first kappa shape index (κ1) is 16.2. The first-order valence-electron chi connectivity index (χ1n) is 7.82. The van der Waals surface area contributed by atoms with Gasteiger partial charge in [0.05, 0.1) is 5.65 Å². The van der Waals surface area contributed by atoms with Crippen molar-refractivity contribution in [2.24, 2.45) is 0 Å². The van der Waals surface area contributed by atoms with E-state index in [0.717, 1.165) is 23.1 Å².